The molecule has 0 bridgehead atoms. The standard InChI is InChI=1S/C16H20N2O4/c1-16(2,3)22-18(10-19)7-6-12-9-17-14-5-4-11(15(20)21)8-13(12)14/h4-5,8-10,17H,6-7H2,1-3H3,(H,20,21). The molecule has 0 radical (unpaired) electrons. The maximum Gasteiger partial charge on any atom is 0.335 e. The van der Waals surface area contributed by atoms with E-state index in [1.807, 2.05) is 27.0 Å². The molecule has 0 saturated heterocycles. The van der Waals surface area contributed by atoms with Crippen molar-refractivity contribution in [1.29, 1.82) is 0 Å². The molecule has 0 fully saturated rings. The van der Waals surface area contributed by atoms with E-state index in [0.29, 0.717) is 19.4 Å². The van der Waals surface area contributed by atoms with Crippen LogP contribution >= 0.6 is 0 Å². The number of hydrogen-bond donors (Lipinski definition) is 2. The van der Waals surface area contributed by atoms with Gasteiger partial charge in [-0.15, -0.1) is 0 Å². The van der Waals surface area contributed by atoms with Crippen molar-refractivity contribution in [2.45, 2.75) is 32.8 Å². The summed E-state index contributed by atoms with van der Waals surface area (Å²) in [5.41, 5.74) is 1.61. The molecule has 1 aromatic heterocycles. The molecule has 1 aromatic carbocycles. The fourth-order valence-corrected chi connectivity index (χ4v) is 2.22. The van der Waals surface area contributed by atoms with Crippen LogP contribution in [0.5, 0.6) is 0 Å². The maximum atomic E-state index is 11.1. The Morgan fingerprint density at radius 1 is 1.41 bits per heavy atom. The van der Waals surface area contributed by atoms with Gasteiger partial charge in [-0.1, -0.05) is 0 Å². The molecule has 22 heavy (non-hydrogen) atoms. The van der Waals surface area contributed by atoms with E-state index in [2.05, 4.69) is 4.98 Å². The van der Waals surface area contributed by atoms with Crippen molar-refractivity contribution in [3.63, 3.8) is 0 Å². The predicted octanol–water partition coefficient (Wildman–Crippen LogP) is 2.60. The Hall–Kier alpha value is -2.34. The summed E-state index contributed by atoms with van der Waals surface area (Å²) >= 11 is 0. The Bertz CT molecular complexity index is 685. The first-order valence-corrected chi connectivity index (χ1v) is 7.04. The van der Waals surface area contributed by atoms with Crippen molar-refractivity contribution in [2.24, 2.45) is 0 Å². The van der Waals surface area contributed by atoms with Crippen molar-refractivity contribution in [3.8, 4) is 0 Å². The fraction of sp³-hybridized carbons (Fsp3) is 0.375. The summed E-state index contributed by atoms with van der Waals surface area (Å²) in [7, 11) is 0. The molecule has 0 aliphatic carbocycles. The average molecular weight is 304 g/mol. The van der Waals surface area contributed by atoms with Gasteiger partial charge in [-0.3, -0.25) is 9.63 Å². The van der Waals surface area contributed by atoms with Crippen LogP contribution in [0.4, 0.5) is 0 Å². The zero-order valence-electron chi connectivity index (χ0n) is 12.9. The van der Waals surface area contributed by atoms with Crippen molar-refractivity contribution >= 4 is 23.3 Å². The fourth-order valence-electron chi connectivity index (χ4n) is 2.22. The summed E-state index contributed by atoms with van der Waals surface area (Å²) in [5.74, 6) is -0.959. The number of H-pyrrole nitrogens is 1. The molecular weight excluding hydrogens is 284 g/mol. The highest BCUT2D eigenvalue weighted by Crippen LogP contribution is 2.21. The van der Waals surface area contributed by atoms with Crippen molar-refractivity contribution < 1.29 is 19.5 Å². The molecule has 1 amide bonds. The van der Waals surface area contributed by atoms with Crippen LogP contribution in [-0.2, 0) is 16.1 Å². The molecular formula is C16H20N2O4. The zero-order chi connectivity index (χ0) is 16.3. The third-order valence-corrected chi connectivity index (χ3v) is 3.12. The van der Waals surface area contributed by atoms with Gasteiger partial charge < -0.3 is 10.1 Å². The zero-order valence-corrected chi connectivity index (χ0v) is 12.9. The van der Waals surface area contributed by atoms with Gasteiger partial charge in [0, 0.05) is 17.1 Å². The lowest BCUT2D eigenvalue weighted by Gasteiger charge is -2.26. The smallest absolute Gasteiger partial charge is 0.335 e. The highest BCUT2D eigenvalue weighted by Gasteiger charge is 2.16. The number of carbonyl (C=O) groups is 2. The quantitative estimate of drug-likeness (QED) is 0.635. The van der Waals surface area contributed by atoms with E-state index in [9.17, 15) is 9.59 Å². The van der Waals surface area contributed by atoms with Crippen LogP contribution in [-0.4, -0.2) is 39.7 Å². The Morgan fingerprint density at radius 2 is 2.14 bits per heavy atom. The van der Waals surface area contributed by atoms with Crippen LogP contribution < -0.4 is 0 Å². The molecule has 0 atom stereocenters. The summed E-state index contributed by atoms with van der Waals surface area (Å²) in [4.78, 5) is 30.8. The van der Waals surface area contributed by atoms with Gasteiger partial charge in [-0.2, -0.15) is 0 Å². The molecule has 2 aromatic rings. The topological polar surface area (TPSA) is 82.6 Å². The summed E-state index contributed by atoms with van der Waals surface area (Å²) in [6.07, 6.45) is 3.05. The van der Waals surface area contributed by atoms with Crippen molar-refractivity contribution in [3.05, 3.63) is 35.5 Å². The second-order valence-electron chi connectivity index (χ2n) is 6.08. The second kappa shape index (κ2) is 6.19. The van der Waals surface area contributed by atoms with E-state index in [0.717, 1.165) is 16.5 Å². The number of aromatic amines is 1. The summed E-state index contributed by atoms with van der Waals surface area (Å²) in [5, 5.41) is 11.2. The number of rotatable bonds is 6. The third-order valence-electron chi connectivity index (χ3n) is 3.12. The van der Waals surface area contributed by atoms with Crippen LogP contribution in [0.3, 0.4) is 0 Å². The minimum absolute atomic E-state index is 0.242. The molecule has 2 rings (SSSR count). The van der Waals surface area contributed by atoms with Crippen LogP contribution in [0.1, 0.15) is 36.7 Å². The summed E-state index contributed by atoms with van der Waals surface area (Å²) in [6, 6.07) is 4.94. The van der Waals surface area contributed by atoms with Crippen LogP contribution in [0.25, 0.3) is 10.9 Å². The minimum atomic E-state index is -0.959. The number of hydroxylamine groups is 2. The molecule has 0 unspecified atom stereocenters. The molecule has 6 nitrogen and oxygen atoms in total. The van der Waals surface area contributed by atoms with Gasteiger partial charge >= 0.3 is 5.97 Å². The van der Waals surface area contributed by atoms with Gasteiger partial charge in [0.05, 0.1) is 17.7 Å². The van der Waals surface area contributed by atoms with Gasteiger partial charge in [-0.25, -0.2) is 9.86 Å². The molecule has 6 heteroatoms. The Kier molecular flexibility index (Phi) is 4.51. The Balaban J connectivity index is 2.15. The number of aromatic carboxylic acids is 1. The average Bonchev–Trinajstić information content (AvgIpc) is 2.84. The van der Waals surface area contributed by atoms with Gasteiger partial charge in [0.2, 0.25) is 6.41 Å². The van der Waals surface area contributed by atoms with E-state index in [1.165, 1.54) is 5.06 Å². The predicted molar refractivity (Wildman–Crippen MR) is 82.6 cm³/mol. The number of amides is 1. The molecule has 0 spiro atoms. The molecule has 118 valence electrons. The van der Waals surface area contributed by atoms with Crippen molar-refractivity contribution in [1.82, 2.24) is 10.0 Å². The molecule has 0 aliphatic heterocycles. The normalized spacial score (nSPS) is 11.6. The lowest BCUT2D eigenvalue weighted by Crippen LogP contribution is -2.34. The number of carbonyl (C=O) groups excluding carboxylic acids is 1. The van der Waals surface area contributed by atoms with E-state index >= 15 is 0 Å². The maximum absolute atomic E-state index is 11.1. The van der Waals surface area contributed by atoms with E-state index in [-0.39, 0.29) is 5.56 Å². The molecule has 0 aliphatic rings. The lowest BCUT2D eigenvalue weighted by molar-refractivity contribution is -0.215. The number of fused-ring (bicyclic) bond motifs is 1. The monoisotopic (exact) mass is 304 g/mol. The Labute approximate surface area is 128 Å². The molecule has 2 N–H and O–H groups in total. The van der Waals surface area contributed by atoms with E-state index in [1.54, 1.807) is 18.2 Å². The lowest BCUT2D eigenvalue weighted by atomic mass is 10.1. The molecule has 0 saturated carbocycles. The number of aromatic nitrogens is 1. The van der Waals surface area contributed by atoms with Gasteiger partial charge in [0.25, 0.3) is 0 Å². The van der Waals surface area contributed by atoms with Gasteiger partial charge in [0.1, 0.15) is 0 Å². The summed E-state index contributed by atoms with van der Waals surface area (Å²) < 4.78 is 0. The number of nitrogens with zero attached hydrogens (tertiary/aromatic N) is 1. The third kappa shape index (κ3) is 3.85. The summed E-state index contributed by atoms with van der Waals surface area (Å²) in [6.45, 7) is 6.00. The SMILES string of the molecule is CC(C)(C)ON(C=O)CCc1c[nH]c2ccc(C(=O)O)cc12. The van der Waals surface area contributed by atoms with E-state index in [4.69, 9.17) is 9.94 Å². The largest absolute Gasteiger partial charge is 0.478 e. The highest BCUT2D eigenvalue weighted by molar-refractivity contribution is 5.94. The first kappa shape index (κ1) is 16.0. The number of benzene rings is 1. The van der Waals surface area contributed by atoms with E-state index < -0.39 is 11.6 Å². The first-order chi connectivity index (χ1) is 10.3. The number of hydrogen-bond acceptors (Lipinski definition) is 3. The van der Waals surface area contributed by atoms with Crippen LogP contribution in [0.15, 0.2) is 24.4 Å². The number of nitrogens with one attached hydrogen (secondary N) is 1. The highest BCUT2D eigenvalue weighted by atomic mass is 16.7. The first-order valence-electron chi connectivity index (χ1n) is 7.04. The van der Waals surface area contributed by atoms with Crippen LogP contribution in [0, 0.1) is 0 Å². The molecule has 1 heterocycles. The minimum Gasteiger partial charge on any atom is -0.478 e. The van der Waals surface area contributed by atoms with Gasteiger partial charge in [-0.05, 0) is 51.0 Å². The number of carboxylic acids is 1. The number of carboxylic acid groups (broad SMARTS) is 1. The van der Waals surface area contributed by atoms with Crippen molar-refractivity contribution in [2.75, 3.05) is 6.54 Å². The van der Waals surface area contributed by atoms with Crippen LogP contribution in [0.2, 0.25) is 0 Å². The Morgan fingerprint density at radius 3 is 2.73 bits per heavy atom. The van der Waals surface area contributed by atoms with Gasteiger partial charge in [0.15, 0.2) is 0 Å². The second-order valence-corrected chi connectivity index (χ2v) is 6.08.